The van der Waals surface area contributed by atoms with E-state index in [1.165, 1.54) is 12.1 Å². The van der Waals surface area contributed by atoms with Crippen LogP contribution in [-0.4, -0.2) is 17.3 Å². The lowest BCUT2D eigenvalue weighted by Crippen LogP contribution is -2.14. The molecule has 1 aromatic carbocycles. The molecule has 0 aliphatic heterocycles. The molecule has 4 nitrogen and oxygen atoms in total. The molecule has 0 saturated heterocycles. The minimum absolute atomic E-state index is 0.100. The van der Waals surface area contributed by atoms with Crippen LogP contribution in [0.2, 0.25) is 5.02 Å². The van der Waals surface area contributed by atoms with Gasteiger partial charge in [0.1, 0.15) is 0 Å². The molecule has 1 atom stereocenters. The van der Waals surface area contributed by atoms with Crippen molar-refractivity contribution in [2.75, 3.05) is 12.4 Å². The molecule has 1 aromatic rings. The van der Waals surface area contributed by atoms with E-state index < -0.39 is 4.92 Å². The molecule has 0 spiro atoms. The topological polar surface area (TPSA) is 52.4 Å². The van der Waals surface area contributed by atoms with E-state index in [1.54, 1.807) is 6.07 Å². The quantitative estimate of drug-likeness (QED) is 0.469. The summed E-state index contributed by atoms with van der Waals surface area (Å²) in [5, 5.41) is 11.2. The second-order valence-electron chi connectivity index (χ2n) is 4.02. The van der Waals surface area contributed by atoms with E-state index in [9.17, 15) is 10.1 Å². The van der Waals surface area contributed by atoms with Crippen LogP contribution in [0.15, 0.2) is 18.2 Å². The highest BCUT2D eigenvalue weighted by Crippen LogP contribution is 2.30. The number of hydrogen-bond acceptors (Lipinski definition) is 4. The first kappa shape index (κ1) is 15.1. The number of nitrogens with zero attached hydrogens (tertiary/aromatic N) is 1. The fourth-order valence-corrected chi connectivity index (χ4v) is 2.05. The Labute approximate surface area is 117 Å². The van der Waals surface area contributed by atoms with Crippen molar-refractivity contribution in [1.82, 2.24) is 0 Å². The van der Waals surface area contributed by atoms with Crippen molar-refractivity contribution in [2.45, 2.75) is 19.8 Å². The summed E-state index contributed by atoms with van der Waals surface area (Å²) in [6, 6.07) is 4.41. The average Bonchev–Trinajstić information content (AvgIpc) is 2.35. The van der Waals surface area contributed by atoms with Gasteiger partial charge in [-0.25, -0.2) is 0 Å². The zero-order valence-electron chi connectivity index (χ0n) is 10.1. The third kappa shape index (κ3) is 4.38. The number of hydrogen-bond donors (Lipinski definition) is 1. The molecule has 0 radical (unpaired) electrons. The van der Waals surface area contributed by atoms with Gasteiger partial charge in [-0.1, -0.05) is 24.9 Å². The largest absolute Gasteiger partial charge is 0.486 e. The minimum Gasteiger partial charge on any atom is -0.486 e. The van der Waals surface area contributed by atoms with E-state index in [4.69, 9.17) is 16.3 Å². The molecule has 0 fully saturated rings. The monoisotopic (exact) mass is 289 g/mol. The predicted octanol–water partition coefficient (Wildman–Crippen LogP) is 3.97. The molecule has 0 heterocycles. The summed E-state index contributed by atoms with van der Waals surface area (Å²) < 4.78 is 5.51. The van der Waals surface area contributed by atoms with Gasteiger partial charge in [-0.3, -0.25) is 10.1 Å². The second kappa shape index (κ2) is 7.48. The van der Waals surface area contributed by atoms with Gasteiger partial charge in [-0.15, -0.1) is 0 Å². The molecule has 1 unspecified atom stereocenters. The summed E-state index contributed by atoms with van der Waals surface area (Å²) >= 11 is 9.97. The molecule has 1 rings (SSSR count). The molecule has 0 N–H and O–H groups in total. The average molecular weight is 290 g/mol. The van der Waals surface area contributed by atoms with Gasteiger partial charge in [0.2, 0.25) is 0 Å². The number of halogens is 1. The maximum atomic E-state index is 10.9. The third-order valence-corrected chi connectivity index (χ3v) is 3.30. The van der Waals surface area contributed by atoms with Gasteiger partial charge in [0, 0.05) is 17.0 Å². The minimum atomic E-state index is -0.489. The van der Waals surface area contributed by atoms with Gasteiger partial charge < -0.3 is 4.74 Å². The molecule has 0 aliphatic carbocycles. The van der Waals surface area contributed by atoms with Gasteiger partial charge in [-0.2, -0.15) is 12.6 Å². The smallest absolute Gasteiger partial charge is 0.312 e. The van der Waals surface area contributed by atoms with Crippen LogP contribution in [-0.2, 0) is 0 Å². The van der Waals surface area contributed by atoms with Crippen LogP contribution in [0, 0.1) is 16.0 Å². The molecule has 0 saturated carbocycles. The molecule has 100 valence electrons. The van der Waals surface area contributed by atoms with Crippen molar-refractivity contribution < 1.29 is 9.66 Å². The van der Waals surface area contributed by atoms with Crippen LogP contribution >= 0.6 is 24.2 Å². The molecule has 0 aromatic heterocycles. The number of rotatable bonds is 7. The van der Waals surface area contributed by atoms with Crippen LogP contribution in [0.5, 0.6) is 5.75 Å². The van der Waals surface area contributed by atoms with Crippen molar-refractivity contribution in [1.29, 1.82) is 0 Å². The lowest BCUT2D eigenvalue weighted by Gasteiger charge is -2.14. The fraction of sp³-hybridized carbons (Fsp3) is 0.500. The summed E-state index contributed by atoms with van der Waals surface area (Å²) in [6.07, 6.45) is 2.03. The van der Waals surface area contributed by atoms with Crippen molar-refractivity contribution >= 4 is 29.9 Å². The van der Waals surface area contributed by atoms with Crippen molar-refractivity contribution in [3.8, 4) is 5.75 Å². The maximum Gasteiger partial charge on any atom is 0.312 e. The molecule has 18 heavy (non-hydrogen) atoms. The van der Waals surface area contributed by atoms with Crippen molar-refractivity contribution in [2.24, 2.45) is 5.92 Å². The van der Waals surface area contributed by atoms with Gasteiger partial charge in [0.15, 0.2) is 5.75 Å². The zero-order chi connectivity index (χ0) is 13.5. The van der Waals surface area contributed by atoms with Gasteiger partial charge in [0.05, 0.1) is 11.5 Å². The molecule has 0 aliphatic rings. The Morgan fingerprint density at radius 2 is 2.28 bits per heavy atom. The van der Waals surface area contributed by atoms with E-state index in [0.717, 1.165) is 12.8 Å². The lowest BCUT2D eigenvalue weighted by molar-refractivity contribution is -0.385. The maximum absolute atomic E-state index is 10.9. The van der Waals surface area contributed by atoms with E-state index >= 15 is 0 Å². The molecule has 0 bridgehead atoms. The van der Waals surface area contributed by atoms with Gasteiger partial charge >= 0.3 is 5.69 Å². The summed E-state index contributed by atoms with van der Waals surface area (Å²) in [7, 11) is 0. The van der Waals surface area contributed by atoms with E-state index in [1.807, 2.05) is 0 Å². The summed E-state index contributed by atoms with van der Waals surface area (Å²) in [4.78, 5) is 10.4. The molecule has 0 amide bonds. The van der Waals surface area contributed by atoms with Crippen LogP contribution < -0.4 is 4.74 Å². The highest BCUT2D eigenvalue weighted by molar-refractivity contribution is 7.80. The predicted molar refractivity (Wildman–Crippen MR) is 75.9 cm³/mol. The number of nitro benzene ring substituents is 1. The summed E-state index contributed by atoms with van der Waals surface area (Å²) in [6.45, 7) is 2.51. The fourth-order valence-electron chi connectivity index (χ4n) is 1.60. The zero-order valence-corrected chi connectivity index (χ0v) is 11.8. The first-order valence-corrected chi connectivity index (χ1v) is 6.77. The van der Waals surface area contributed by atoms with Crippen molar-refractivity contribution in [3.63, 3.8) is 0 Å². The van der Waals surface area contributed by atoms with E-state index in [0.29, 0.717) is 23.3 Å². The Kier molecular flexibility index (Phi) is 6.29. The van der Waals surface area contributed by atoms with Gasteiger partial charge in [-0.05, 0) is 24.3 Å². The Morgan fingerprint density at radius 3 is 2.83 bits per heavy atom. The summed E-state index contributed by atoms with van der Waals surface area (Å²) in [5.41, 5.74) is -0.100. The third-order valence-electron chi connectivity index (χ3n) is 2.55. The summed E-state index contributed by atoms with van der Waals surface area (Å²) in [5.74, 6) is 1.26. The van der Waals surface area contributed by atoms with Crippen LogP contribution in [0.25, 0.3) is 0 Å². The van der Waals surface area contributed by atoms with Crippen molar-refractivity contribution in [3.05, 3.63) is 33.3 Å². The molecular formula is C12H16ClNO3S. The van der Waals surface area contributed by atoms with Gasteiger partial charge in [0.25, 0.3) is 0 Å². The normalized spacial score (nSPS) is 12.2. The molecular weight excluding hydrogens is 274 g/mol. The van der Waals surface area contributed by atoms with Crippen LogP contribution in [0.3, 0.4) is 0 Å². The van der Waals surface area contributed by atoms with Crippen LogP contribution in [0.1, 0.15) is 19.8 Å². The first-order valence-electron chi connectivity index (χ1n) is 5.76. The standard InChI is InChI=1S/C12H16ClNO3S/c1-2-3-9(8-18)7-17-12-5-4-10(13)6-11(12)14(15)16/h4-6,9,18H,2-3,7-8H2,1H3. The number of ether oxygens (including phenoxy) is 1. The molecule has 6 heteroatoms. The van der Waals surface area contributed by atoms with Crippen LogP contribution in [0.4, 0.5) is 5.69 Å². The Morgan fingerprint density at radius 1 is 1.56 bits per heavy atom. The SMILES string of the molecule is CCCC(CS)COc1ccc(Cl)cc1[N+](=O)[O-]. The highest BCUT2D eigenvalue weighted by atomic mass is 35.5. The van der Waals surface area contributed by atoms with E-state index in [-0.39, 0.29) is 11.4 Å². The van der Waals surface area contributed by atoms with E-state index in [2.05, 4.69) is 19.6 Å². The number of benzene rings is 1. The Hall–Kier alpha value is -0.940. The Bertz CT molecular complexity index is 414. The lowest BCUT2D eigenvalue weighted by atomic mass is 10.1. The highest BCUT2D eigenvalue weighted by Gasteiger charge is 2.17. The second-order valence-corrected chi connectivity index (χ2v) is 4.82. The number of nitro groups is 1. The first-order chi connectivity index (χ1) is 8.58. The number of thiol groups is 1. The Balaban J connectivity index is 2.74.